The Bertz CT molecular complexity index is 547. The summed E-state index contributed by atoms with van der Waals surface area (Å²) in [6, 6.07) is 4.22. The van der Waals surface area contributed by atoms with Crippen LogP contribution in [0.5, 0.6) is 0 Å². The van der Waals surface area contributed by atoms with Crippen LogP contribution in [-0.4, -0.2) is 15.6 Å². The van der Waals surface area contributed by atoms with Crippen LogP contribution in [0, 0.1) is 0 Å². The molecule has 0 aliphatic heterocycles. The summed E-state index contributed by atoms with van der Waals surface area (Å²) in [5.41, 5.74) is 0.0489. The second-order valence-electron chi connectivity index (χ2n) is 3.27. The van der Waals surface area contributed by atoms with Crippen LogP contribution in [0.15, 0.2) is 46.1 Å². The number of aromatic nitrogens is 1. The molecule has 0 atom stereocenters. The van der Waals surface area contributed by atoms with Crippen molar-refractivity contribution < 1.29 is 14.3 Å². The van der Waals surface area contributed by atoms with Crippen molar-refractivity contribution in [2.75, 3.05) is 0 Å². The summed E-state index contributed by atoms with van der Waals surface area (Å²) in [4.78, 5) is 21.7. The van der Waals surface area contributed by atoms with Gasteiger partial charge < -0.3 is 14.1 Å². The van der Waals surface area contributed by atoms with E-state index in [1.807, 2.05) is 0 Å². The molecule has 0 aliphatic rings. The van der Waals surface area contributed by atoms with Gasteiger partial charge >= 0.3 is 5.97 Å². The van der Waals surface area contributed by atoms with Crippen molar-refractivity contribution >= 4 is 5.97 Å². The van der Waals surface area contributed by atoms with Crippen LogP contribution < -0.4 is 5.43 Å². The Morgan fingerprint density at radius 1 is 1.31 bits per heavy atom. The number of hydrogen-bond acceptors (Lipinski definition) is 3. The highest BCUT2D eigenvalue weighted by Gasteiger charge is 2.12. The van der Waals surface area contributed by atoms with Gasteiger partial charge in [0, 0.05) is 24.5 Å². The number of hydrogen-bond donors (Lipinski definition) is 1. The van der Waals surface area contributed by atoms with Crippen molar-refractivity contribution in [1.82, 2.24) is 4.57 Å². The monoisotopic (exact) mass is 219 g/mol. The van der Waals surface area contributed by atoms with Crippen LogP contribution >= 0.6 is 0 Å². The highest BCUT2D eigenvalue weighted by molar-refractivity contribution is 5.88. The first-order valence-electron chi connectivity index (χ1n) is 4.62. The molecule has 0 bridgehead atoms. The van der Waals surface area contributed by atoms with Crippen LogP contribution in [0.4, 0.5) is 0 Å². The van der Waals surface area contributed by atoms with Gasteiger partial charge in [-0.05, 0) is 6.07 Å². The van der Waals surface area contributed by atoms with E-state index in [4.69, 9.17) is 9.52 Å². The number of nitrogens with zero attached hydrogens (tertiary/aromatic N) is 1. The van der Waals surface area contributed by atoms with Gasteiger partial charge in [0.15, 0.2) is 5.43 Å². The summed E-state index contributed by atoms with van der Waals surface area (Å²) in [5.74, 6) is -0.666. The van der Waals surface area contributed by atoms with Crippen LogP contribution in [-0.2, 0) is 6.54 Å². The molecule has 16 heavy (non-hydrogen) atoms. The molecule has 0 radical (unpaired) electrons. The van der Waals surface area contributed by atoms with Gasteiger partial charge in [-0.25, -0.2) is 4.79 Å². The first-order chi connectivity index (χ1) is 7.66. The molecule has 0 saturated carbocycles. The lowest BCUT2D eigenvalue weighted by Gasteiger charge is -2.03. The Morgan fingerprint density at radius 3 is 2.62 bits per heavy atom. The molecule has 82 valence electrons. The molecule has 0 fully saturated rings. The van der Waals surface area contributed by atoms with E-state index in [1.54, 1.807) is 17.0 Å². The number of pyridine rings is 1. The molecule has 0 aliphatic carbocycles. The Kier molecular flexibility index (Phi) is 2.59. The summed E-state index contributed by atoms with van der Waals surface area (Å²) in [7, 11) is 0. The summed E-state index contributed by atoms with van der Waals surface area (Å²) in [6.07, 6.45) is 4.49. The summed E-state index contributed by atoms with van der Waals surface area (Å²) < 4.78 is 6.75. The number of rotatable bonds is 3. The fourth-order valence-corrected chi connectivity index (χ4v) is 1.37. The summed E-state index contributed by atoms with van der Waals surface area (Å²) in [5, 5.41) is 8.86. The maximum absolute atomic E-state index is 10.9. The average Bonchev–Trinajstić information content (AvgIpc) is 2.69. The average molecular weight is 219 g/mol. The summed E-state index contributed by atoms with van der Waals surface area (Å²) in [6.45, 7) is 0.287. The Hall–Kier alpha value is -2.30. The largest absolute Gasteiger partial charge is 0.478 e. The first-order valence-corrected chi connectivity index (χ1v) is 4.62. The van der Waals surface area contributed by atoms with E-state index in [9.17, 15) is 9.59 Å². The zero-order valence-electron chi connectivity index (χ0n) is 8.29. The molecule has 0 unspecified atom stereocenters. The quantitative estimate of drug-likeness (QED) is 0.841. The highest BCUT2D eigenvalue weighted by Crippen LogP contribution is 2.11. The van der Waals surface area contributed by atoms with Gasteiger partial charge in [0.2, 0.25) is 0 Å². The van der Waals surface area contributed by atoms with Gasteiger partial charge in [0.25, 0.3) is 0 Å². The Morgan fingerprint density at radius 2 is 2.00 bits per heavy atom. The molecule has 5 nitrogen and oxygen atoms in total. The van der Waals surface area contributed by atoms with Crippen molar-refractivity contribution in [2.24, 2.45) is 0 Å². The molecule has 1 N–H and O–H groups in total. The van der Waals surface area contributed by atoms with Crippen molar-refractivity contribution in [1.29, 1.82) is 0 Å². The molecular formula is C11H9NO4. The van der Waals surface area contributed by atoms with E-state index in [-0.39, 0.29) is 17.5 Å². The topological polar surface area (TPSA) is 72.4 Å². The van der Waals surface area contributed by atoms with E-state index in [0.29, 0.717) is 5.76 Å². The van der Waals surface area contributed by atoms with Crippen molar-refractivity contribution in [3.63, 3.8) is 0 Å². The number of aromatic carboxylic acids is 1. The minimum atomic E-state index is -1.02. The molecule has 0 aromatic carbocycles. The fourth-order valence-electron chi connectivity index (χ4n) is 1.37. The Balaban J connectivity index is 2.27. The van der Waals surface area contributed by atoms with E-state index < -0.39 is 5.97 Å². The third kappa shape index (κ3) is 2.03. The van der Waals surface area contributed by atoms with Gasteiger partial charge in [0.1, 0.15) is 11.3 Å². The highest BCUT2D eigenvalue weighted by atomic mass is 16.4. The predicted molar refractivity (Wildman–Crippen MR) is 55.5 cm³/mol. The van der Waals surface area contributed by atoms with Crippen molar-refractivity contribution in [3.05, 3.63) is 58.4 Å². The predicted octanol–water partition coefficient (Wildman–Crippen LogP) is 1.19. The number of carboxylic acids is 1. The maximum Gasteiger partial charge on any atom is 0.339 e. The molecule has 2 heterocycles. The Labute approximate surface area is 90.6 Å². The third-order valence-corrected chi connectivity index (χ3v) is 2.16. The van der Waals surface area contributed by atoms with Gasteiger partial charge in [0.05, 0.1) is 12.8 Å². The SMILES string of the molecule is O=C(O)c1ccoc1Cn1ccc(=O)cc1. The van der Waals surface area contributed by atoms with Gasteiger partial charge in [-0.1, -0.05) is 0 Å². The number of furan rings is 1. The van der Waals surface area contributed by atoms with Gasteiger partial charge in [-0.15, -0.1) is 0 Å². The number of carboxylic acid groups (broad SMARTS) is 1. The fraction of sp³-hybridized carbons (Fsp3) is 0.0909. The van der Waals surface area contributed by atoms with Gasteiger partial charge in [-0.2, -0.15) is 0 Å². The van der Waals surface area contributed by atoms with E-state index >= 15 is 0 Å². The second-order valence-corrected chi connectivity index (χ2v) is 3.27. The molecule has 0 saturated heterocycles. The van der Waals surface area contributed by atoms with Crippen LogP contribution in [0.3, 0.4) is 0 Å². The third-order valence-electron chi connectivity index (χ3n) is 2.16. The van der Waals surface area contributed by atoms with Crippen LogP contribution in [0.25, 0.3) is 0 Å². The summed E-state index contributed by atoms with van der Waals surface area (Å²) >= 11 is 0. The van der Waals surface area contributed by atoms with Gasteiger partial charge in [-0.3, -0.25) is 4.79 Å². The smallest absolute Gasteiger partial charge is 0.339 e. The van der Waals surface area contributed by atoms with E-state index in [1.165, 1.54) is 24.5 Å². The number of carbonyl (C=O) groups is 1. The van der Waals surface area contributed by atoms with E-state index in [0.717, 1.165) is 0 Å². The van der Waals surface area contributed by atoms with E-state index in [2.05, 4.69) is 0 Å². The maximum atomic E-state index is 10.9. The molecule has 5 heteroatoms. The van der Waals surface area contributed by atoms with Crippen molar-refractivity contribution in [3.8, 4) is 0 Å². The minimum Gasteiger partial charge on any atom is -0.478 e. The molecular weight excluding hydrogens is 210 g/mol. The second kappa shape index (κ2) is 4.06. The first kappa shape index (κ1) is 10.2. The van der Waals surface area contributed by atoms with Crippen molar-refractivity contribution in [2.45, 2.75) is 6.54 Å². The lowest BCUT2D eigenvalue weighted by molar-refractivity contribution is 0.0694. The zero-order valence-corrected chi connectivity index (χ0v) is 8.29. The molecule has 2 rings (SSSR count). The lowest BCUT2D eigenvalue weighted by atomic mass is 10.2. The molecule has 2 aromatic heterocycles. The minimum absolute atomic E-state index is 0.0887. The molecule has 0 amide bonds. The van der Waals surface area contributed by atoms with Crippen LogP contribution in [0.1, 0.15) is 16.1 Å². The molecule has 0 spiro atoms. The molecule has 2 aromatic rings. The zero-order chi connectivity index (χ0) is 11.5. The normalized spacial score (nSPS) is 10.2. The van der Waals surface area contributed by atoms with Crippen LogP contribution in [0.2, 0.25) is 0 Å². The lowest BCUT2D eigenvalue weighted by Crippen LogP contribution is -2.07. The standard InChI is InChI=1S/C11H9NO4/c13-8-1-4-12(5-2-8)7-10-9(11(14)15)3-6-16-10/h1-6H,7H2,(H,14,15).